The van der Waals surface area contributed by atoms with Crippen molar-refractivity contribution in [3.05, 3.63) is 10.6 Å². The third kappa shape index (κ3) is 4.12. The molecule has 2 fully saturated rings. The second kappa shape index (κ2) is 8.82. The molecule has 3 heterocycles. The van der Waals surface area contributed by atoms with Gasteiger partial charge < -0.3 is 36.8 Å². The summed E-state index contributed by atoms with van der Waals surface area (Å²) in [6.45, 7) is 4.66. The largest absolute Gasteiger partial charge is 0.477 e. The molecule has 0 bridgehead atoms. The lowest BCUT2D eigenvalue weighted by molar-refractivity contribution is -0.163. The van der Waals surface area contributed by atoms with E-state index in [4.69, 9.17) is 11.1 Å². The van der Waals surface area contributed by atoms with Crippen LogP contribution in [0.5, 0.6) is 0 Å². The molecule has 166 valence electrons. The van der Waals surface area contributed by atoms with Crippen molar-refractivity contribution >= 4 is 35.5 Å². The Bertz CT molecular complexity index is 787. The van der Waals surface area contributed by atoms with E-state index < -0.39 is 24.0 Å². The highest BCUT2D eigenvalue weighted by molar-refractivity contribution is 8.03. The molecular weight excluding hydrogens is 412 g/mol. The van der Waals surface area contributed by atoms with Crippen LogP contribution in [-0.4, -0.2) is 81.9 Å². The Hall–Kier alpha value is -2.31. The number of nitrogens with zero attached hydrogens (tertiary/aromatic N) is 1. The molecule has 3 aliphatic rings. The predicted octanol–water partition coefficient (Wildman–Crippen LogP) is -1.80. The first kappa shape index (κ1) is 22.4. The number of guanidine groups is 1. The Kier molecular flexibility index (Phi) is 6.58. The summed E-state index contributed by atoms with van der Waals surface area (Å²) in [4.78, 5) is 38.5. The van der Waals surface area contributed by atoms with Gasteiger partial charge in [0.15, 0.2) is 5.96 Å². The third-order valence-corrected chi connectivity index (χ3v) is 7.26. The number of nitrogens with two attached hydrogens (primary N) is 1. The van der Waals surface area contributed by atoms with E-state index >= 15 is 0 Å². The minimum absolute atomic E-state index is 0.00242. The lowest BCUT2D eigenvalue weighted by Gasteiger charge is -2.46. The van der Waals surface area contributed by atoms with E-state index in [1.165, 1.54) is 16.7 Å². The average Bonchev–Trinajstić information content (AvgIpc) is 3.21. The maximum atomic E-state index is 12.4. The van der Waals surface area contributed by atoms with E-state index in [9.17, 15) is 24.6 Å². The van der Waals surface area contributed by atoms with Gasteiger partial charge in [-0.1, -0.05) is 6.92 Å². The van der Waals surface area contributed by atoms with Crippen LogP contribution in [0.15, 0.2) is 10.6 Å². The number of carboxylic acids is 1. The van der Waals surface area contributed by atoms with Crippen LogP contribution in [0.1, 0.15) is 20.3 Å². The number of carbonyl (C=O) groups is 3. The predicted molar refractivity (Wildman–Crippen MR) is 110 cm³/mol. The van der Waals surface area contributed by atoms with E-state index in [0.717, 1.165) is 0 Å². The Morgan fingerprint density at radius 2 is 2.07 bits per heavy atom. The molecule has 2 saturated heterocycles. The number of thioether (sulfide) groups is 1. The van der Waals surface area contributed by atoms with Gasteiger partial charge in [-0.25, -0.2) is 4.79 Å². The molecule has 30 heavy (non-hydrogen) atoms. The number of carboxylic acid groups (broad SMARTS) is 1. The van der Waals surface area contributed by atoms with Crippen molar-refractivity contribution in [2.24, 2.45) is 17.6 Å². The Labute approximate surface area is 178 Å². The van der Waals surface area contributed by atoms with E-state index in [1.54, 1.807) is 6.92 Å². The van der Waals surface area contributed by atoms with Crippen LogP contribution in [0.25, 0.3) is 0 Å². The highest BCUT2D eigenvalue weighted by Crippen LogP contribution is 2.51. The fraction of sp³-hybridized carbons (Fsp3) is 0.667. The minimum Gasteiger partial charge on any atom is -0.477 e. The molecule has 0 radical (unpaired) electrons. The number of carbonyl (C=O) groups excluding carboxylic acids is 2. The first-order valence-electron chi connectivity index (χ1n) is 9.87. The highest BCUT2D eigenvalue weighted by atomic mass is 32.2. The van der Waals surface area contributed by atoms with Gasteiger partial charge in [0, 0.05) is 35.7 Å². The maximum absolute atomic E-state index is 12.4. The van der Waals surface area contributed by atoms with E-state index in [1.807, 2.05) is 6.92 Å². The van der Waals surface area contributed by atoms with Crippen molar-refractivity contribution in [2.45, 2.75) is 43.7 Å². The molecule has 0 aromatic heterocycles. The van der Waals surface area contributed by atoms with Gasteiger partial charge in [-0.15, -0.1) is 11.8 Å². The Morgan fingerprint density at radius 3 is 2.67 bits per heavy atom. The van der Waals surface area contributed by atoms with E-state index in [0.29, 0.717) is 31.0 Å². The molecule has 0 aromatic rings. The van der Waals surface area contributed by atoms with Crippen LogP contribution in [0.2, 0.25) is 0 Å². The molecule has 1 unspecified atom stereocenters. The number of nitrogens with one attached hydrogen (secondary N) is 4. The van der Waals surface area contributed by atoms with Crippen molar-refractivity contribution in [3.63, 3.8) is 0 Å². The van der Waals surface area contributed by atoms with Crippen LogP contribution in [0.4, 0.5) is 0 Å². The Balaban J connectivity index is 1.61. The molecule has 0 aliphatic carbocycles. The number of β-lactam (4-membered cyclic amide) rings is 1. The van der Waals surface area contributed by atoms with Crippen molar-refractivity contribution in [3.8, 4) is 0 Å². The zero-order chi connectivity index (χ0) is 22.2. The average molecular weight is 441 g/mol. The van der Waals surface area contributed by atoms with E-state index in [2.05, 4.69) is 16.0 Å². The molecule has 3 rings (SSSR count). The van der Waals surface area contributed by atoms with Gasteiger partial charge in [0.25, 0.3) is 0 Å². The zero-order valence-corrected chi connectivity index (χ0v) is 17.7. The van der Waals surface area contributed by atoms with Crippen molar-refractivity contribution in [1.29, 1.82) is 5.41 Å². The van der Waals surface area contributed by atoms with Gasteiger partial charge in [-0.3, -0.25) is 15.0 Å². The number of hydrogen-bond donors (Lipinski definition) is 7. The molecule has 0 saturated carbocycles. The quantitative estimate of drug-likeness (QED) is 0.0991. The number of fused-ring (bicyclic) bond motifs is 1. The third-order valence-electron chi connectivity index (χ3n) is 5.75. The number of aliphatic hydroxyl groups excluding tert-OH is 1. The first-order valence-corrected chi connectivity index (χ1v) is 10.8. The molecule has 6 atom stereocenters. The van der Waals surface area contributed by atoms with Gasteiger partial charge in [-0.05, 0) is 13.3 Å². The summed E-state index contributed by atoms with van der Waals surface area (Å²) < 4.78 is 0. The van der Waals surface area contributed by atoms with Gasteiger partial charge >= 0.3 is 5.97 Å². The SMILES string of the molecule is CC(O)[C@H]1C(=O)N2C(C(=O)O)=C(S[C@@H]3CN[C@H](C(=O)NCCNC(=N)N)C3)[C@H](C)[C@H]12. The Morgan fingerprint density at radius 1 is 1.40 bits per heavy atom. The van der Waals surface area contributed by atoms with Crippen LogP contribution in [-0.2, 0) is 14.4 Å². The molecular formula is C18H28N6O5S. The summed E-state index contributed by atoms with van der Waals surface area (Å²) in [5.41, 5.74) is 5.19. The molecule has 8 N–H and O–H groups in total. The first-order chi connectivity index (χ1) is 14.1. The second-order valence-corrected chi connectivity index (χ2v) is 9.18. The van der Waals surface area contributed by atoms with Gasteiger partial charge in [-0.2, -0.15) is 0 Å². The summed E-state index contributed by atoms with van der Waals surface area (Å²) in [6, 6.07) is -0.734. The summed E-state index contributed by atoms with van der Waals surface area (Å²) in [5, 5.41) is 35.2. The minimum atomic E-state index is -1.15. The summed E-state index contributed by atoms with van der Waals surface area (Å²) in [6.07, 6.45) is -0.308. The van der Waals surface area contributed by atoms with E-state index in [-0.39, 0.29) is 40.7 Å². The standard InChI is InChI=1S/C18H28N6O5S/c1-7-12-11(8(2)25)16(27)24(12)13(17(28)29)14(7)30-9-5-10(23-6-9)15(26)21-3-4-22-18(19)20/h7-12,23,25H,3-6H2,1-2H3,(H,21,26)(H,28,29)(H4,19,20,22)/t7-,8?,9+,10+,11-,12-/m1/s1. The molecule has 12 heteroatoms. The summed E-state index contributed by atoms with van der Waals surface area (Å²) >= 11 is 1.40. The molecule has 11 nitrogen and oxygen atoms in total. The number of hydrogen-bond acceptors (Lipinski definition) is 7. The fourth-order valence-corrected chi connectivity index (χ4v) is 5.84. The van der Waals surface area contributed by atoms with Gasteiger partial charge in [0.1, 0.15) is 5.70 Å². The molecule has 0 aromatic carbocycles. The number of aliphatic hydroxyl groups is 1. The van der Waals surface area contributed by atoms with Gasteiger partial charge in [0.2, 0.25) is 11.8 Å². The van der Waals surface area contributed by atoms with Crippen molar-refractivity contribution in [1.82, 2.24) is 20.9 Å². The van der Waals surface area contributed by atoms with Crippen LogP contribution < -0.4 is 21.7 Å². The lowest BCUT2D eigenvalue weighted by Crippen LogP contribution is -2.63. The van der Waals surface area contributed by atoms with Crippen LogP contribution in [0.3, 0.4) is 0 Å². The monoisotopic (exact) mass is 440 g/mol. The highest BCUT2D eigenvalue weighted by Gasteiger charge is 2.60. The molecule has 2 amide bonds. The van der Waals surface area contributed by atoms with Crippen LogP contribution in [0, 0.1) is 17.2 Å². The fourth-order valence-electron chi connectivity index (χ4n) is 4.36. The lowest BCUT2D eigenvalue weighted by atomic mass is 9.79. The summed E-state index contributed by atoms with van der Waals surface area (Å²) in [5.74, 6) is -2.60. The molecule has 0 spiro atoms. The second-order valence-electron chi connectivity index (χ2n) is 7.84. The van der Waals surface area contributed by atoms with Crippen molar-refractivity contribution in [2.75, 3.05) is 19.6 Å². The topological polar surface area (TPSA) is 181 Å². The maximum Gasteiger partial charge on any atom is 0.353 e. The van der Waals surface area contributed by atoms with Crippen molar-refractivity contribution < 1.29 is 24.6 Å². The number of rotatable bonds is 8. The molecule has 3 aliphatic heterocycles. The zero-order valence-electron chi connectivity index (χ0n) is 16.8. The smallest absolute Gasteiger partial charge is 0.353 e. The summed E-state index contributed by atoms with van der Waals surface area (Å²) in [7, 11) is 0. The number of amides is 2. The number of aliphatic carboxylic acids is 1. The van der Waals surface area contributed by atoms with Crippen LogP contribution >= 0.6 is 11.8 Å². The van der Waals surface area contributed by atoms with Gasteiger partial charge in [0.05, 0.1) is 24.1 Å². The normalized spacial score (nSPS) is 31.2.